The van der Waals surface area contributed by atoms with Gasteiger partial charge < -0.3 is 9.64 Å². The standard InChI is InChI=1S/C17H14BrClFNO2/c18-16-13(9-15(19)14(10-22)17(16)20)11-1-3-12(4-2-11)21-5-7-23-8-6-21/h1-4,9-10H,5-8H2. The lowest BCUT2D eigenvalue weighted by atomic mass is 10.0. The van der Waals surface area contributed by atoms with E-state index in [0.717, 1.165) is 37.6 Å². The molecule has 0 N–H and O–H groups in total. The lowest BCUT2D eigenvalue weighted by Gasteiger charge is -2.29. The molecular weight excluding hydrogens is 385 g/mol. The minimum Gasteiger partial charge on any atom is -0.378 e. The van der Waals surface area contributed by atoms with E-state index in [1.54, 1.807) is 6.07 Å². The predicted octanol–water partition coefficient (Wildman–Crippen LogP) is 4.56. The number of rotatable bonds is 3. The Hall–Kier alpha value is -1.43. The van der Waals surface area contributed by atoms with Crippen molar-refractivity contribution in [3.05, 3.63) is 51.2 Å². The summed E-state index contributed by atoms with van der Waals surface area (Å²) < 4.78 is 19.8. The van der Waals surface area contributed by atoms with E-state index < -0.39 is 5.82 Å². The van der Waals surface area contributed by atoms with Crippen LogP contribution in [0.2, 0.25) is 5.02 Å². The van der Waals surface area contributed by atoms with Gasteiger partial charge in [-0.25, -0.2) is 4.39 Å². The van der Waals surface area contributed by atoms with Gasteiger partial charge in [0.25, 0.3) is 0 Å². The topological polar surface area (TPSA) is 29.5 Å². The zero-order valence-corrected chi connectivity index (χ0v) is 14.5. The third kappa shape index (κ3) is 3.27. The third-order valence-electron chi connectivity index (χ3n) is 3.87. The van der Waals surface area contributed by atoms with E-state index in [1.165, 1.54) is 0 Å². The number of morpholine rings is 1. The van der Waals surface area contributed by atoms with Crippen molar-refractivity contribution in [2.45, 2.75) is 0 Å². The maximum atomic E-state index is 14.2. The number of ether oxygens (including phenoxy) is 1. The molecule has 0 radical (unpaired) electrons. The van der Waals surface area contributed by atoms with E-state index in [1.807, 2.05) is 24.3 Å². The highest BCUT2D eigenvalue weighted by atomic mass is 79.9. The first-order chi connectivity index (χ1) is 11.1. The van der Waals surface area contributed by atoms with Gasteiger partial charge in [-0.3, -0.25) is 4.79 Å². The monoisotopic (exact) mass is 397 g/mol. The summed E-state index contributed by atoms with van der Waals surface area (Å²) >= 11 is 9.21. The Morgan fingerprint density at radius 3 is 2.48 bits per heavy atom. The Morgan fingerprint density at radius 2 is 1.87 bits per heavy atom. The molecule has 23 heavy (non-hydrogen) atoms. The molecule has 1 fully saturated rings. The molecule has 1 saturated heterocycles. The molecule has 1 aliphatic heterocycles. The molecule has 3 nitrogen and oxygen atoms in total. The first-order valence-electron chi connectivity index (χ1n) is 7.17. The number of hydrogen-bond acceptors (Lipinski definition) is 3. The van der Waals surface area contributed by atoms with Crippen molar-refractivity contribution in [2.75, 3.05) is 31.2 Å². The number of aldehydes is 1. The molecule has 1 aliphatic rings. The summed E-state index contributed by atoms with van der Waals surface area (Å²) in [6.07, 6.45) is 0.424. The van der Waals surface area contributed by atoms with E-state index in [9.17, 15) is 9.18 Å². The molecule has 0 bridgehead atoms. The average Bonchev–Trinajstić information content (AvgIpc) is 2.59. The van der Waals surface area contributed by atoms with Gasteiger partial charge in [-0.15, -0.1) is 0 Å². The fraction of sp³-hybridized carbons (Fsp3) is 0.235. The van der Waals surface area contributed by atoms with Crippen molar-refractivity contribution in [1.82, 2.24) is 0 Å². The average molecular weight is 399 g/mol. The van der Waals surface area contributed by atoms with E-state index in [4.69, 9.17) is 16.3 Å². The molecule has 0 saturated carbocycles. The van der Waals surface area contributed by atoms with Gasteiger partial charge >= 0.3 is 0 Å². The number of hydrogen-bond donors (Lipinski definition) is 0. The molecule has 6 heteroatoms. The summed E-state index contributed by atoms with van der Waals surface area (Å²) in [5.41, 5.74) is 2.41. The fourth-order valence-electron chi connectivity index (χ4n) is 2.60. The number of anilines is 1. The van der Waals surface area contributed by atoms with Crippen molar-refractivity contribution in [3.8, 4) is 11.1 Å². The first-order valence-corrected chi connectivity index (χ1v) is 8.34. The van der Waals surface area contributed by atoms with E-state index in [2.05, 4.69) is 20.8 Å². The van der Waals surface area contributed by atoms with Crippen LogP contribution in [0.15, 0.2) is 34.8 Å². The van der Waals surface area contributed by atoms with Crippen LogP contribution in [-0.4, -0.2) is 32.6 Å². The lowest BCUT2D eigenvalue weighted by Crippen LogP contribution is -2.36. The fourth-order valence-corrected chi connectivity index (χ4v) is 3.39. The largest absolute Gasteiger partial charge is 0.378 e. The molecule has 120 valence electrons. The highest BCUT2D eigenvalue weighted by Gasteiger charge is 2.17. The smallest absolute Gasteiger partial charge is 0.154 e. The van der Waals surface area contributed by atoms with Crippen molar-refractivity contribution in [3.63, 3.8) is 0 Å². The van der Waals surface area contributed by atoms with Crippen LogP contribution in [0, 0.1) is 5.82 Å². The number of carbonyl (C=O) groups is 1. The van der Waals surface area contributed by atoms with Crippen LogP contribution in [0.25, 0.3) is 11.1 Å². The number of benzene rings is 2. The van der Waals surface area contributed by atoms with Gasteiger partial charge in [-0.2, -0.15) is 0 Å². The molecule has 1 heterocycles. The third-order valence-corrected chi connectivity index (χ3v) is 4.95. The van der Waals surface area contributed by atoms with Crippen molar-refractivity contribution in [1.29, 1.82) is 0 Å². The Kier molecular flexibility index (Phi) is 4.99. The van der Waals surface area contributed by atoms with Crippen LogP contribution in [0.5, 0.6) is 0 Å². The normalized spacial score (nSPS) is 14.8. The van der Waals surface area contributed by atoms with E-state index >= 15 is 0 Å². The number of carbonyl (C=O) groups excluding carboxylic acids is 1. The molecule has 0 spiro atoms. The Balaban J connectivity index is 1.94. The van der Waals surface area contributed by atoms with Crippen molar-refractivity contribution in [2.24, 2.45) is 0 Å². The minimum absolute atomic E-state index is 0.105. The van der Waals surface area contributed by atoms with Crippen molar-refractivity contribution >= 4 is 39.5 Å². The second-order valence-electron chi connectivity index (χ2n) is 5.21. The summed E-state index contributed by atoms with van der Waals surface area (Å²) in [7, 11) is 0. The summed E-state index contributed by atoms with van der Waals surface area (Å²) in [5.74, 6) is -0.639. The van der Waals surface area contributed by atoms with Gasteiger partial charge in [-0.1, -0.05) is 23.7 Å². The minimum atomic E-state index is -0.639. The molecule has 0 unspecified atom stereocenters. The second kappa shape index (κ2) is 6.99. The summed E-state index contributed by atoms with van der Waals surface area (Å²) in [5, 5.41) is 0.105. The first kappa shape index (κ1) is 16.4. The SMILES string of the molecule is O=Cc1c(Cl)cc(-c2ccc(N3CCOCC3)cc2)c(Br)c1F. The lowest BCUT2D eigenvalue weighted by molar-refractivity contribution is 0.112. The second-order valence-corrected chi connectivity index (χ2v) is 6.41. The van der Waals surface area contributed by atoms with Crippen LogP contribution < -0.4 is 4.90 Å². The van der Waals surface area contributed by atoms with Crippen molar-refractivity contribution < 1.29 is 13.9 Å². The molecule has 0 aromatic heterocycles. The molecule has 0 atom stereocenters. The maximum Gasteiger partial charge on any atom is 0.154 e. The van der Waals surface area contributed by atoms with Crippen LogP contribution in [0.4, 0.5) is 10.1 Å². The summed E-state index contributed by atoms with van der Waals surface area (Å²) in [4.78, 5) is 13.1. The van der Waals surface area contributed by atoms with Gasteiger partial charge in [-0.05, 0) is 39.7 Å². The van der Waals surface area contributed by atoms with Gasteiger partial charge in [0, 0.05) is 24.3 Å². The Morgan fingerprint density at radius 1 is 1.22 bits per heavy atom. The van der Waals surface area contributed by atoms with Crippen LogP contribution >= 0.6 is 27.5 Å². The van der Waals surface area contributed by atoms with Gasteiger partial charge in [0.2, 0.25) is 0 Å². The van der Waals surface area contributed by atoms with E-state index in [-0.39, 0.29) is 15.1 Å². The van der Waals surface area contributed by atoms with Gasteiger partial charge in [0.15, 0.2) is 6.29 Å². The zero-order chi connectivity index (χ0) is 16.4. The Bertz CT molecular complexity index is 730. The predicted molar refractivity (Wildman–Crippen MR) is 93.0 cm³/mol. The zero-order valence-electron chi connectivity index (χ0n) is 12.2. The quantitative estimate of drug-likeness (QED) is 0.561. The molecular formula is C17H14BrClFNO2. The molecule has 2 aromatic carbocycles. The molecule has 3 rings (SSSR count). The summed E-state index contributed by atoms with van der Waals surface area (Å²) in [6.45, 7) is 3.16. The summed E-state index contributed by atoms with van der Waals surface area (Å²) in [6, 6.07) is 9.42. The van der Waals surface area contributed by atoms with Gasteiger partial charge in [0.05, 0.1) is 28.3 Å². The highest BCUT2D eigenvalue weighted by Crippen LogP contribution is 2.36. The molecule has 0 aliphatic carbocycles. The van der Waals surface area contributed by atoms with Crippen LogP contribution in [0.1, 0.15) is 10.4 Å². The van der Waals surface area contributed by atoms with Crippen LogP contribution in [0.3, 0.4) is 0 Å². The Labute approximate surface area is 147 Å². The van der Waals surface area contributed by atoms with E-state index in [0.29, 0.717) is 11.8 Å². The highest BCUT2D eigenvalue weighted by molar-refractivity contribution is 9.10. The number of nitrogens with zero attached hydrogens (tertiary/aromatic N) is 1. The maximum absolute atomic E-state index is 14.2. The van der Waals surface area contributed by atoms with Gasteiger partial charge in [0.1, 0.15) is 5.82 Å². The molecule has 0 amide bonds. The molecule has 2 aromatic rings. The number of halogens is 3. The van der Waals surface area contributed by atoms with Crippen LogP contribution in [-0.2, 0) is 4.74 Å².